The first-order chi connectivity index (χ1) is 17.6. The zero-order valence-corrected chi connectivity index (χ0v) is 19.4. The number of ether oxygens (including phenoxy) is 3. The van der Waals surface area contributed by atoms with Gasteiger partial charge in [-0.2, -0.15) is 0 Å². The van der Waals surface area contributed by atoms with Gasteiger partial charge in [0.1, 0.15) is 13.2 Å². The minimum atomic E-state index is -0.707. The molecule has 0 fully saturated rings. The van der Waals surface area contributed by atoms with E-state index in [4.69, 9.17) is 14.2 Å². The Bertz CT molecular complexity index is 1460. The number of hydrogen-bond donors (Lipinski definition) is 1. The van der Waals surface area contributed by atoms with Crippen molar-refractivity contribution in [1.82, 2.24) is 0 Å². The van der Waals surface area contributed by atoms with E-state index in [0.29, 0.717) is 36.0 Å². The summed E-state index contributed by atoms with van der Waals surface area (Å²) in [5, 5.41) is 4.85. The Morgan fingerprint density at radius 2 is 1.56 bits per heavy atom. The van der Waals surface area contributed by atoms with E-state index in [9.17, 15) is 14.4 Å². The van der Waals surface area contributed by atoms with Gasteiger partial charge >= 0.3 is 5.97 Å². The molecule has 4 aromatic rings. The van der Waals surface area contributed by atoms with Gasteiger partial charge in [0.05, 0.1) is 17.7 Å². The van der Waals surface area contributed by atoms with E-state index < -0.39 is 12.6 Å². The van der Waals surface area contributed by atoms with Crippen LogP contribution in [0.15, 0.2) is 84.9 Å². The van der Waals surface area contributed by atoms with Crippen molar-refractivity contribution in [2.45, 2.75) is 6.42 Å². The summed E-state index contributed by atoms with van der Waals surface area (Å²) in [6.45, 7) is 0.412. The Hall–Kier alpha value is -4.65. The van der Waals surface area contributed by atoms with Crippen LogP contribution in [0.25, 0.3) is 10.8 Å². The average Bonchev–Trinajstić information content (AvgIpc) is 2.91. The third-order valence-corrected chi connectivity index (χ3v) is 5.85. The number of amides is 1. The standard InChI is InChI=1S/C29H23NO6/c31-25(21-12-13-26-27(16-21)35-15-14-34-26)18-36-29(33)23-10-3-4-11-24(23)30-28(32)17-20-8-5-7-19-6-1-2-9-22(19)20/h1-13,16H,14-15,17-18H2,(H,30,32). The minimum absolute atomic E-state index is 0.146. The molecule has 0 atom stereocenters. The van der Waals surface area contributed by atoms with E-state index >= 15 is 0 Å². The van der Waals surface area contributed by atoms with Crippen LogP contribution < -0.4 is 14.8 Å². The Morgan fingerprint density at radius 1 is 0.806 bits per heavy atom. The van der Waals surface area contributed by atoms with Gasteiger partial charge < -0.3 is 19.5 Å². The van der Waals surface area contributed by atoms with Crippen LogP contribution in [0.4, 0.5) is 5.69 Å². The van der Waals surface area contributed by atoms with Crippen molar-refractivity contribution in [3.63, 3.8) is 0 Å². The van der Waals surface area contributed by atoms with Crippen LogP contribution in [0.1, 0.15) is 26.3 Å². The van der Waals surface area contributed by atoms with Crippen LogP contribution >= 0.6 is 0 Å². The van der Waals surface area contributed by atoms with Crippen molar-refractivity contribution >= 4 is 34.1 Å². The van der Waals surface area contributed by atoms with Crippen molar-refractivity contribution in [2.24, 2.45) is 0 Å². The molecule has 36 heavy (non-hydrogen) atoms. The smallest absolute Gasteiger partial charge is 0.340 e. The lowest BCUT2D eigenvalue weighted by Crippen LogP contribution is -2.19. The summed E-state index contributed by atoms with van der Waals surface area (Å²) in [4.78, 5) is 38.2. The number of esters is 1. The molecule has 0 radical (unpaired) electrons. The molecule has 4 aromatic carbocycles. The molecule has 0 saturated heterocycles. The molecular weight excluding hydrogens is 458 g/mol. The van der Waals surface area contributed by atoms with Crippen LogP contribution in [0.5, 0.6) is 11.5 Å². The molecule has 7 heteroatoms. The lowest BCUT2D eigenvalue weighted by molar-refractivity contribution is -0.115. The lowest BCUT2D eigenvalue weighted by Gasteiger charge is -2.18. The average molecular weight is 482 g/mol. The van der Waals surface area contributed by atoms with E-state index in [-0.39, 0.29) is 23.7 Å². The maximum atomic E-state index is 12.8. The summed E-state index contributed by atoms with van der Waals surface area (Å²) in [7, 11) is 0. The SMILES string of the molecule is O=C(Cc1cccc2ccccc12)Nc1ccccc1C(=O)OCC(=O)c1ccc2c(c1)OCCO2. The number of para-hydroxylation sites is 1. The molecule has 0 aromatic heterocycles. The van der Waals surface area contributed by atoms with E-state index in [1.807, 2.05) is 42.5 Å². The molecular formula is C29H23NO6. The topological polar surface area (TPSA) is 90.9 Å². The molecule has 1 amide bonds. The number of hydrogen-bond acceptors (Lipinski definition) is 6. The second kappa shape index (κ2) is 10.3. The summed E-state index contributed by atoms with van der Waals surface area (Å²) in [5.74, 6) is -0.292. The van der Waals surface area contributed by atoms with E-state index in [0.717, 1.165) is 16.3 Å². The first-order valence-corrected chi connectivity index (χ1v) is 11.5. The molecule has 7 nitrogen and oxygen atoms in total. The normalized spacial score (nSPS) is 12.1. The molecule has 1 aliphatic heterocycles. The number of fused-ring (bicyclic) bond motifs is 2. The van der Waals surface area contributed by atoms with Gasteiger partial charge in [-0.15, -0.1) is 0 Å². The number of Topliss-reactive ketones (excluding diaryl/α,β-unsaturated/α-hetero) is 1. The molecule has 0 aliphatic carbocycles. The summed E-state index contributed by atoms with van der Waals surface area (Å²) >= 11 is 0. The number of carbonyl (C=O) groups is 3. The molecule has 0 unspecified atom stereocenters. The minimum Gasteiger partial charge on any atom is -0.486 e. The van der Waals surface area contributed by atoms with Gasteiger partial charge in [-0.1, -0.05) is 54.6 Å². The zero-order valence-electron chi connectivity index (χ0n) is 19.4. The molecule has 1 N–H and O–H groups in total. The third-order valence-electron chi connectivity index (χ3n) is 5.85. The number of rotatable bonds is 7. The summed E-state index contributed by atoms with van der Waals surface area (Å²) in [5.41, 5.74) is 1.72. The Morgan fingerprint density at radius 3 is 2.44 bits per heavy atom. The molecule has 0 saturated carbocycles. The molecule has 1 heterocycles. The summed E-state index contributed by atoms with van der Waals surface area (Å²) in [6, 6.07) is 25.1. The predicted molar refractivity (Wildman–Crippen MR) is 135 cm³/mol. The van der Waals surface area contributed by atoms with Gasteiger partial charge in [0.2, 0.25) is 5.91 Å². The van der Waals surface area contributed by atoms with Crippen LogP contribution in [-0.4, -0.2) is 37.5 Å². The van der Waals surface area contributed by atoms with Crippen LogP contribution in [0, 0.1) is 0 Å². The van der Waals surface area contributed by atoms with E-state index in [1.165, 1.54) is 0 Å². The quantitative estimate of drug-likeness (QED) is 0.300. The third kappa shape index (κ3) is 5.05. The fourth-order valence-electron chi connectivity index (χ4n) is 4.09. The van der Waals surface area contributed by atoms with Gasteiger partial charge in [0.25, 0.3) is 0 Å². The first-order valence-electron chi connectivity index (χ1n) is 11.5. The van der Waals surface area contributed by atoms with Crippen molar-refractivity contribution in [2.75, 3.05) is 25.1 Å². The summed E-state index contributed by atoms with van der Waals surface area (Å²) in [6.07, 6.45) is 0.146. The Balaban J connectivity index is 1.24. The van der Waals surface area contributed by atoms with Crippen LogP contribution in [-0.2, 0) is 16.0 Å². The van der Waals surface area contributed by atoms with Crippen molar-refractivity contribution in [1.29, 1.82) is 0 Å². The van der Waals surface area contributed by atoms with Crippen molar-refractivity contribution < 1.29 is 28.6 Å². The van der Waals surface area contributed by atoms with Gasteiger partial charge in [-0.05, 0) is 46.7 Å². The van der Waals surface area contributed by atoms with Crippen LogP contribution in [0.2, 0.25) is 0 Å². The van der Waals surface area contributed by atoms with Gasteiger partial charge in [-0.3, -0.25) is 9.59 Å². The number of benzene rings is 4. The highest BCUT2D eigenvalue weighted by Crippen LogP contribution is 2.31. The molecule has 1 aliphatic rings. The zero-order chi connectivity index (χ0) is 24.9. The maximum absolute atomic E-state index is 12.8. The molecule has 5 rings (SSSR count). The second-order valence-corrected chi connectivity index (χ2v) is 8.27. The monoisotopic (exact) mass is 481 g/mol. The fraction of sp³-hybridized carbons (Fsp3) is 0.138. The van der Waals surface area contributed by atoms with Gasteiger partial charge in [-0.25, -0.2) is 4.79 Å². The fourth-order valence-corrected chi connectivity index (χ4v) is 4.09. The second-order valence-electron chi connectivity index (χ2n) is 8.27. The van der Waals surface area contributed by atoms with Gasteiger partial charge in [0, 0.05) is 5.56 Å². The largest absolute Gasteiger partial charge is 0.486 e. The van der Waals surface area contributed by atoms with Crippen LogP contribution in [0.3, 0.4) is 0 Å². The molecule has 180 valence electrons. The van der Waals surface area contributed by atoms with Gasteiger partial charge in [0.15, 0.2) is 23.9 Å². The predicted octanol–water partition coefficient (Wildman–Crippen LogP) is 4.83. The number of anilines is 1. The number of nitrogens with one attached hydrogen (secondary N) is 1. The number of ketones is 1. The van der Waals surface area contributed by atoms with Crippen molar-refractivity contribution in [3.8, 4) is 11.5 Å². The highest BCUT2D eigenvalue weighted by molar-refractivity contribution is 6.04. The van der Waals surface area contributed by atoms with E-state index in [2.05, 4.69) is 5.32 Å². The Labute approximate surface area is 207 Å². The Kier molecular flexibility index (Phi) is 6.62. The first kappa shape index (κ1) is 23.1. The molecule has 0 spiro atoms. The summed E-state index contributed by atoms with van der Waals surface area (Å²) < 4.78 is 16.2. The maximum Gasteiger partial charge on any atom is 0.340 e. The number of carbonyl (C=O) groups excluding carboxylic acids is 3. The van der Waals surface area contributed by atoms with Crippen molar-refractivity contribution in [3.05, 3.63) is 102 Å². The van der Waals surface area contributed by atoms with E-state index in [1.54, 1.807) is 42.5 Å². The highest BCUT2D eigenvalue weighted by Gasteiger charge is 2.19. The molecule has 0 bridgehead atoms. The lowest BCUT2D eigenvalue weighted by atomic mass is 10.0. The highest BCUT2D eigenvalue weighted by atomic mass is 16.6.